The number of carbonyl (C=O) groups is 2. The van der Waals surface area contributed by atoms with Crippen molar-refractivity contribution in [3.63, 3.8) is 0 Å². The Balaban J connectivity index is 1.57. The molecule has 2 heterocycles. The Bertz CT molecular complexity index is 1390. The fourth-order valence-corrected chi connectivity index (χ4v) is 4.78. The topological polar surface area (TPSA) is 80.8 Å². The molecule has 0 saturated carbocycles. The molecule has 1 aromatic heterocycles. The number of hydrogen-bond donors (Lipinski definition) is 1. The summed E-state index contributed by atoms with van der Waals surface area (Å²) >= 11 is 0. The van der Waals surface area contributed by atoms with E-state index >= 15 is 0 Å². The molecule has 2 atom stereocenters. The van der Waals surface area contributed by atoms with E-state index in [0.29, 0.717) is 29.1 Å². The largest absolute Gasteiger partial charge is 0.497 e. The number of nitrogens with one attached hydrogen (secondary N) is 1. The van der Waals surface area contributed by atoms with E-state index < -0.39 is 12.0 Å². The molecule has 0 bridgehead atoms. The molecule has 0 aliphatic carbocycles. The molecule has 5 rings (SSSR count). The first kappa shape index (κ1) is 24.1. The van der Waals surface area contributed by atoms with Crippen LogP contribution in [-0.2, 0) is 11.3 Å². The number of nitrogens with zero attached hydrogens (tertiary/aromatic N) is 2. The minimum atomic E-state index is -0.654. The number of ether oxygens (including phenoxy) is 2. The van der Waals surface area contributed by atoms with E-state index in [4.69, 9.17) is 9.47 Å². The van der Waals surface area contributed by atoms with Gasteiger partial charge in [0.05, 0.1) is 26.2 Å². The summed E-state index contributed by atoms with van der Waals surface area (Å²) in [5.41, 5.74) is 3.58. The Morgan fingerprint density at radius 1 is 0.892 bits per heavy atom. The Hall–Kier alpha value is -4.65. The number of aromatic nitrogens is 1. The van der Waals surface area contributed by atoms with Gasteiger partial charge in [0.15, 0.2) is 0 Å². The first-order valence-electron chi connectivity index (χ1n) is 12.0. The number of pyridine rings is 1. The third-order valence-corrected chi connectivity index (χ3v) is 6.62. The summed E-state index contributed by atoms with van der Waals surface area (Å²) < 4.78 is 10.5. The van der Waals surface area contributed by atoms with Crippen LogP contribution in [0.4, 0.5) is 5.69 Å². The van der Waals surface area contributed by atoms with Gasteiger partial charge >= 0.3 is 0 Å². The van der Waals surface area contributed by atoms with Gasteiger partial charge in [-0.25, -0.2) is 0 Å². The molecule has 4 aromatic rings. The Morgan fingerprint density at radius 3 is 2.22 bits per heavy atom. The number of anilines is 1. The second kappa shape index (κ2) is 10.5. The van der Waals surface area contributed by atoms with Crippen LogP contribution < -0.4 is 19.7 Å². The lowest BCUT2D eigenvalue weighted by Crippen LogP contribution is -2.47. The predicted octanol–water partition coefficient (Wildman–Crippen LogP) is 4.90. The summed E-state index contributed by atoms with van der Waals surface area (Å²) in [6.45, 7) is 0.345. The van der Waals surface area contributed by atoms with Crippen LogP contribution >= 0.6 is 0 Å². The summed E-state index contributed by atoms with van der Waals surface area (Å²) in [5, 5.41) is 3.09. The predicted molar refractivity (Wildman–Crippen MR) is 141 cm³/mol. The zero-order valence-electron chi connectivity index (χ0n) is 20.6. The third kappa shape index (κ3) is 4.76. The van der Waals surface area contributed by atoms with Gasteiger partial charge in [0.1, 0.15) is 11.5 Å². The second-order valence-corrected chi connectivity index (χ2v) is 8.74. The van der Waals surface area contributed by atoms with Crippen LogP contribution in [0.3, 0.4) is 0 Å². The van der Waals surface area contributed by atoms with Crippen molar-refractivity contribution < 1.29 is 19.1 Å². The van der Waals surface area contributed by atoms with Crippen molar-refractivity contribution in [2.24, 2.45) is 0 Å². The Labute approximate surface area is 215 Å². The highest BCUT2D eigenvalue weighted by molar-refractivity contribution is 6.11. The quantitative estimate of drug-likeness (QED) is 0.396. The number of methoxy groups -OCH3 is 2. The zero-order chi connectivity index (χ0) is 25.8. The number of fused-ring (bicyclic) bond motifs is 1. The summed E-state index contributed by atoms with van der Waals surface area (Å²) in [6.07, 6.45) is 3.39. The van der Waals surface area contributed by atoms with Crippen molar-refractivity contribution in [3.05, 3.63) is 120 Å². The monoisotopic (exact) mass is 493 g/mol. The molecule has 1 N–H and O–H groups in total. The lowest BCUT2D eigenvalue weighted by Gasteiger charge is -2.41. The van der Waals surface area contributed by atoms with Crippen molar-refractivity contribution in [1.82, 2.24) is 10.3 Å². The van der Waals surface area contributed by atoms with E-state index in [9.17, 15) is 9.59 Å². The molecule has 2 unspecified atom stereocenters. The van der Waals surface area contributed by atoms with Gasteiger partial charge in [0.25, 0.3) is 5.91 Å². The normalized spacial score (nSPS) is 16.6. The molecule has 1 aliphatic heterocycles. The summed E-state index contributed by atoms with van der Waals surface area (Å²) in [7, 11) is 3.21. The molecule has 0 saturated heterocycles. The summed E-state index contributed by atoms with van der Waals surface area (Å²) in [4.78, 5) is 33.8. The molecule has 186 valence electrons. The van der Waals surface area contributed by atoms with E-state index in [1.807, 2.05) is 78.9 Å². The van der Waals surface area contributed by atoms with Crippen molar-refractivity contribution in [3.8, 4) is 11.5 Å². The minimum Gasteiger partial charge on any atom is -0.497 e. The molecule has 0 spiro atoms. The average molecular weight is 494 g/mol. The molecule has 0 radical (unpaired) electrons. The highest BCUT2D eigenvalue weighted by atomic mass is 16.5. The number of hydrogen-bond acceptors (Lipinski definition) is 5. The SMILES string of the molecule is COc1ccc(CNC(=O)C2c3ccccc3C(=O)N(c3ccc(OC)cc3)C2c2cccnc2)cc1. The average Bonchev–Trinajstić information content (AvgIpc) is 2.96. The van der Waals surface area contributed by atoms with Crippen LogP contribution in [0.5, 0.6) is 11.5 Å². The fraction of sp³-hybridized carbons (Fsp3) is 0.167. The Kier molecular flexibility index (Phi) is 6.85. The van der Waals surface area contributed by atoms with E-state index in [0.717, 1.165) is 16.9 Å². The number of rotatable bonds is 7. The molecular weight excluding hydrogens is 466 g/mol. The van der Waals surface area contributed by atoms with Crippen LogP contribution in [0.15, 0.2) is 97.3 Å². The third-order valence-electron chi connectivity index (χ3n) is 6.62. The first-order chi connectivity index (χ1) is 18.1. The summed E-state index contributed by atoms with van der Waals surface area (Å²) in [6, 6.07) is 25.3. The van der Waals surface area contributed by atoms with Gasteiger partial charge in [-0.05, 0) is 65.2 Å². The molecule has 7 heteroatoms. The fourth-order valence-electron chi connectivity index (χ4n) is 4.78. The molecule has 2 amide bonds. The Morgan fingerprint density at radius 2 is 1.57 bits per heavy atom. The molecule has 0 fully saturated rings. The van der Waals surface area contributed by atoms with Crippen LogP contribution in [0.2, 0.25) is 0 Å². The van der Waals surface area contributed by atoms with Gasteiger partial charge in [-0.1, -0.05) is 36.4 Å². The second-order valence-electron chi connectivity index (χ2n) is 8.74. The maximum absolute atomic E-state index is 13.9. The van der Waals surface area contributed by atoms with E-state index in [-0.39, 0.29) is 11.8 Å². The minimum absolute atomic E-state index is 0.172. The van der Waals surface area contributed by atoms with Crippen molar-refractivity contribution in [2.45, 2.75) is 18.5 Å². The van der Waals surface area contributed by atoms with Crippen LogP contribution in [0.1, 0.15) is 39.0 Å². The van der Waals surface area contributed by atoms with Crippen LogP contribution in [0, 0.1) is 0 Å². The number of benzene rings is 3. The highest BCUT2D eigenvalue weighted by Gasteiger charge is 2.44. The molecule has 3 aromatic carbocycles. The van der Waals surface area contributed by atoms with Gasteiger partial charge in [0, 0.05) is 30.2 Å². The van der Waals surface area contributed by atoms with Crippen LogP contribution in [-0.4, -0.2) is 31.0 Å². The molecular formula is C30H27N3O4. The van der Waals surface area contributed by atoms with Crippen molar-refractivity contribution in [1.29, 1.82) is 0 Å². The van der Waals surface area contributed by atoms with Gasteiger partial charge in [-0.3, -0.25) is 19.5 Å². The van der Waals surface area contributed by atoms with Gasteiger partial charge < -0.3 is 14.8 Å². The van der Waals surface area contributed by atoms with Gasteiger partial charge in [-0.2, -0.15) is 0 Å². The molecule has 37 heavy (non-hydrogen) atoms. The zero-order valence-corrected chi connectivity index (χ0v) is 20.6. The standard InChI is InChI=1S/C30H27N3O4/c1-36-23-13-9-20(10-14-23)18-32-29(34)27-25-7-3-4-8-26(25)30(35)33(22-11-15-24(37-2)16-12-22)28(27)21-6-5-17-31-19-21/h3-17,19,27-28H,18H2,1-2H3,(H,32,34). The van der Waals surface area contributed by atoms with Crippen LogP contribution in [0.25, 0.3) is 0 Å². The van der Waals surface area contributed by atoms with E-state index in [1.54, 1.807) is 37.6 Å². The van der Waals surface area contributed by atoms with Gasteiger partial charge in [0.2, 0.25) is 5.91 Å². The number of carbonyl (C=O) groups excluding carboxylic acids is 2. The lowest BCUT2D eigenvalue weighted by atomic mass is 9.79. The maximum atomic E-state index is 13.9. The highest BCUT2D eigenvalue weighted by Crippen LogP contribution is 2.45. The lowest BCUT2D eigenvalue weighted by molar-refractivity contribution is -0.123. The molecule has 7 nitrogen and oxygen atoms in total. The van der Waals surface area contributed by atoms with Crippen molar-refractivity contribution >= 4 is 17.5 Å². The van der Waals surface area contributed by atoms with Crippen molar-refractivity contribution in [2.75, 3.05) is 19.1 Å². The maximum Gasteiger partial charge on any atom is 0.259 e. The molecule has 1 aliphatic rings. The van der Waals surface area contributed by atoms with Gasteiger partial charge in [-0.15, -0.1) is 0 Å². The smallest absolute Gasteiger partial charge is 0.259 e. The van der Waals surface area contributed by atoms with E-state index in [2.05, 4.69) is 10.3 Å². The summed E-state index contributed by atoms with van der Waals surface area (Å²) in [5.74, 6) is 0.428. The number of amides is 2. The van der Waals surface area contributed by atoms with E-state index in [1.165, 1.54) is 0 Å². The first-order valence-corrected chi connectivity index (χ1v) is 12.0.